The number of primary amides is 1. The van der Waals surface area contributed by atoms with E-state index in [9.17, 15) is 22.8 Å². The van der Waals surface area contributed by atoms with Gasteiger partial charge in [0, 0.05) is 17.7 Å². The second kappa shape index (κ2) is 5.67. The van der Waals surface area contributed by atoms with E-state index in [0.29, 0.717) is 5.69 Å². The van der Waals surface area contributed by atoms with Crippen molar-refractivity contribution in [1.29, 1.82) is 0 Å². The van der Waals surface area contributed by atoms with Gasteiger partial charge in [-0.15, -0.1) is 0 Å². The first-order valence-electron chi connectivity index (χ1n) is 7.17. The van der Waals surface area contributed by atoms with E-state index in [0.717, 1.165) is 29.8 Å². The normalized spacial score (nSPS) is 16.8. The number of anilines is 1. The number of para-hydroxylation sites is 1. The highest BCUT2D eigenvalue weighted by Gasteiger charge is 2.38. The van der Waals surface area contributed by atoms with Gasteiger partial charge < -0.3 is 5.73 Å². The molecule has 0 spiro atoms. The molecule has 1 atom stereocenters. The zero-order valence-corrected chi connectivity index (χ0v) is 12.4. The first kappa shape index (κ1) is 16.0. The van der Waals surface area contributed by atoms with Crippen LogP contribution in [-0.4, -0.2) is 17.9 Å². The highest BCUT2D eigenvalue weighted by Crippen LogP contribution is 2.34. The van der Waals surface area contributed by atoms with Crippen molar-refractivity contribution in [1.82, 2.24) is 0 Å². The number of hydrogen-bond donors (Lipinski definition) is 1. The summed E-state index contributed by atoms with van der Waals surface area (Å²) in [6, 6.07) is 10.00. The number of hydrogen-bond acceptors (Lipinski definition) is 2. The fourth-order valence-electron chi connectivity index (χ4n) is 2.81. The molecule has 0 saturated heterocycles. The molecule has 2 aromatic rings. The van der Waals surface area contributed by atoms with Gasteiger partial charge in [-0.2, -0.15) is 13.2 Å². The number of nitrogens with zero attached hydrogens (tertiary/aromatic N) is 1. The molecule has 1 heterocycles. The maximum Gasteiger partial charge on any atom is 0.416 e. The maximum atomic E-state index is 12.7. The summed E-state index contributed by atoms with van der Waals surface area (Å²) in [5.41, 5.74) is 5.94. The Morgan fingerprint density at radius 1 is 1.04 bits per heavy atom. The third-order valence-electron chi connectivity index (χ3n) is 3.98. The van der Waals surface area contributed by atoms with E-state index >= 15 is 0 Å². The SMILES string of the molecule is NC(=O)[C@@H]1Cc2ccccc2N1C(=O)c1ccc(C(F)(F)F)cc1. The lowest BCUT2D eigenvalue weighted by Crippen LogP contribution is -2.46. The van der Waals surface area contributed by atoms with Gasteiger partial charge in [-0.3, -0.25) is 14.5 Å². The van der Waals surface area contributed by atoms with Crippen LogP contribution in [0.15, 0.2) is 48.5 Å². The molecule has 0 radical (unpaired) electrons. The molecule has 2 amide bonds. The van der Waals surface area contributed by atoms with Gasteiger partial charge in [0.25, 0.3) is 5.91 Å². The molecule has 7 heteroatoms. The molecule has 3 rings (SSSR count). The van der Waals surface area contributed by atoms with E-state index in [-0.39, 0.29) is 12.0 Å². The Morgan fingerprint density at radius 3 is 2.25 bits per heavy atom. The molecular formula is C17H13F3N2O2. The molecule has 0 saturated carbocycles. The van der Waals surface area contributed by atoms with Gasteiger partial charge in [0.15, 0.2) is 0 Å². The Labute approximate surface area is 135 Å². The van der Waals surface area contributed by atoms with Crippen molar-refractivity contribution in [2.75, 3.05) is 4.90 Å². The van der Waals surface area contributed by atoms with E-state index < -0.39 is 29.6 Å². The Bertz CT molecular complexity index is 800. The molecule has 0 aromatic heterocycles. The zero-order chi connectivity index (χ0) is 17.5. The van der Waals surface area contributed by atoms with E-state index in [1.165, 1.54) is 4.90 Å². The van der Waals surface area contributed by atoms with Crippen LogP contribution < -0.4 is 10.6 Å². The van der Waals surface area contributed by atoms with Crippen LogP contribution in [0.4, 0.5) is 18.9 Å². The number of nitrogens with two attached hydrogens (primary N) is 1. The number of alkyl halides is 3. The highest BCUT2D eigenvalue weighted by atomic mass is 19.4. The molecule has 4 nitrogen and oxygen atoms in total. The molecular weight excluding hydrogens is 321 g/mol. The van der Waals surface area contributed by atoms with Crippen molar-refractivity contribution in [3.05, 3.63) is 65.2 Å². The topological polar surface area (TPSA) is 63.4 Å². The van der Waals surface area contributed by atoms with Crippen LogP contribution in [0.2, 0.25) is 0 Å². The monoisotopic (exact) mass is 334 g/mol. The largest absolute Gasteiger partial charge is 0.416 e. The molecule has 2 aromatic carbocycles. The molecule has 2 N–H and O–H groups in total. The summed E-state index contributed by atoms with van der Waals surface area (Å²) in [4.78, 5) is 25.7. The molecule has 1 aliphatic heterocycles. The lowest BCUT2D eigenvalue weighted by molar-refractivity contribution is -0.137. The van der Waals surface area contributed by atoms with Gasteiger partial charge in [0.2, 0.25) is 5.91 Å². The maximum absolute atomic E-state index is 12.7. The predicted molar refractivity (Wildman–Crippen MR) is 81.4 cm³/mol. The smallest absolute Gasteiger partial charge is 0.368 e. The first-order chi connectivity index (χ1) is 11.3. The average molecular weight is 334 g/mol. The molecule has 0 unspecified atom stereocenters. The van der Waals surface area contributed by atoms with Crippen LogP contribution in [-0.2, 0) is 17.4 Å². The average Bonchev–Trinajstić information content (AvgIpc) is 2.93. The van der Waals surface area contributed by atoms with E-state index in [4.69, 9.17) is 5.73 Å². The highest BCUT2D eigenvalue weighted by molar-refractivity contribution is 6.11. The van der Waals surface area contributed by atoms with Gasteiger partial charge in [-0.1, -0.05) is 18.2 Å². The van der Waals surface area contributed by atoms with Crippen molar-refractivity contribution in [2.45, 2.75) is 18.6 Å². The number of halogens is 3. The first-order valence-corrected chi connectivity index (χ1v) is 7.17. The number of amides is 2. The van der Waals surface area contributed by atoms with Crippen molar-refractivity contribution < 1.29 is 22.8 Å². The Morgan fingerprint density at radius 2 is 1.67 bits per heavy atom. The summed E-state index contributed by atoms with van der Waals surface area (Å²) >= 11 is 0. The van der Waals surface area contributed by atoms with Gasteiger partial charge in [-0.05, 0) is 35.9 Å². The molecule has 0 fully saturated rings. The van der Waals surface area contributed by atoms with E-state index in [2.05, 4.69) is 0 Å². The lowest BCUT2D eigenvalue weighted by atomic mass is 10.1. The third kappa shape index (κ3) is 2.73. The summed E-state index contributed by atoms with van der Waals surface area (Å²) in [6.07, 6.45) is -4.19. The Balaban J connectivity index is 1.97. The molecule has 1 aliphatic rings. The van der Waals surface area contributed by atoms with Crippen LogP contribution in [0.5, 0.6) is 0 Å². The minimum absolute atomic E-state index is 0.0611. The van der Waals surface area contributed by atoms with Crippen LogP contribution in [0.25, 0.3) is 0 Å². The zero-order valence-electron chi connectivity index (χ0n) is 12.4. The van der Waals surface area contributed by atoms with Crippen molar-refractivity contribution in [3.63, 3.8) is 0 Å². The number of fused-ring (bicyclic) bond motifs is 1. The van der Waals surface area contributed by atoms with Crippen LogP contribution >= 0.6 is 0 Å². The minimum Gasteiger partial charge on any atom is -0.368 e. The van der Waals surface area contributed by atoms with Crippen LogP contribution in [0, 0.1) is 0 Å². The predicted octanol–water partition coefficient (Wildman–Crippen LogP) is 2.76. The van der Waals surface area contributed by atoms with Gasteiger partial charge >= 0.3 is 6.18 Å². The molecule has 0 bridgehead atoms. The van der Waals surface area contributed by atoms with Crippen molar-refractivity contribution >= 4 is 17.5 Å². The van der Waals surface area contributed by atoms with Crippen LogP contribution in [0.1, 0.15) is 21.5 Å². The van der Waals surface area contributed by atoms with Crippen molar-refractivity contribution in [3.8, 4) is 0 Å². The standard InChI is InChI=1S/C17H13F3N2O2/c18-17(19,20)12-7-5-10(6-8-12)16(24)22-13-4-2-1-3-11(13)9-14(22)15(21)23/h1-8,14H,9H2,(H2,21,23)/t14-/m0/s1. The lowest BCUT2D eigenvalue weighted by Gasteiger charge is -2.23. The third-order valence-corrected chi connectivity index (χ3v) is 3.98. The molecule has 0 aliphatic carbocycles. The summed E-state index contributed by atoms with van der Waals surface area (Å²) in [6.45, 7) is 0. The summed E-state index contributed by atoms with van der Waals surface area (Å²) in [5, 5.41) is 0. The minimum atomic E-state index is -4.47. The summed E-state index contributed by atoms with van der Waals surface area (Å²) in [5.74, 6) is -1.22. The van der Waals surface area contributed by atoms with Gasteiger partial charge in [0.1, 0.15) is 6.04 Å². The second-order valence-electron chi connectivity index (χ2n) is 5.50. The number of carbonyl (C=O) groups excluding carboxylic acids is 2. The second-order valence-corrected chi connectivity index (χ2v) is 5.50. The number of rotatable bonds is 2. The quantitative estimate of drug-likeness (QED) is 0.918. The number of benzene rings is 2. The fraction of sp³-hybridized carbons (Fsp3) is 0.176. The van der Waals surface area contributed by atoms with Crippen LogP contribution in [0.3, 0.4) is 0 Å². The Kier molecular flexibility index (Phi) is 3.79. The number of carbonyl (C=O) groups is 2. The fourth-order valence-corrected chi connectivity index (χ4v) is 2.81. The van der Waals surface area contributed by atoms with Crippen molar-refractivity contribution in [2.24, 2.45) is 5.73 Å². The summed E-state index contributed by atoms with van der Waals surface area (Å²) < 4.78 is 37.9. The van der Waals surface area contributed by atoms with Gasteiger partial charge in [0.05, 0.1) is 5.56 Å². The van der Waals surface area contributed by atoms with E-state index in [1.807, 2.05) is 0 Å². The molecule has 124 valence electrons. The van der Waals surface area contributed by atoms with Gasteiger partial charge in [-0.25, -0.2) is 0 Å². The summed E-state index contributed by atoms with van der Waals surface area (Å²) in [7, 11) is 0. The van der Waals surface area contributed by atoms with E-state index in [1.54, 1.807) is 24.3 Å². The molecule has 24 heavy (non-hydrogen) atoms. The Hall–Kier alpha value is -2.83.